The molecule has 0 saturated carbocycles. The second-order valence-electron chi connectivity index (χ2n) is 6.21. The predicted octanol–water partition coefficient (Wildman–Crippen LogP) is 2.36. The minimum Gasteiger partial charge on any atom is -0.368 e. The predicted molar refractivity (Wildman–Crippen MR) is 101 cm³/mol. The van der Waals surface area contributed by atoms with E-state index in [1.54, 1.807) is 0 Å². The van der Waals surface area contributed by atoms with Crippen molar-refractivity contribution in [2.75, 3.05) is 43.0 Å². The zero-order valence-electron chi connectivity index (χ0n) is 14.4. The Labute approximate surface area is 148 Å². The molecule has 0 spiro atoms. The summed E-state index contributed by atoms with van der Waals surface area (Å²) >= 11 is 0. The number of piperazine rings is 1. The van der Waals surface area contributed by atoms with Crippen LogP contribution in [0, 0.1) is 0 Å². The summed E-state index contributed by atoms with van der Waals surface area (Å²) in [5, 5.41) is 3.12. The van der Waals surface area contributed by atoms with Crippen LogP contribution in [0.4, 0.5) is 11.4 Å². The van der Waals surface area contributed by atoms with Crippen LogP contribution in [0.1, 0.15) is 26.3 Å². The van der Waals surface area contributed by atoms with Crippen molar-refractivity contribution < 1.29 is 9.59 Å². The zero-order chi connectivity index (χ0) is 17.6. The van der Waals surface area contributed by atoms with Crippen LogP contribution in [0.5, 0.6) is 0 Å². The number of aldehydes is 2. The first-order valence-corrected chi connectivity index (χ1v) is 8.53. The average molecular weight is 337 g/mol. The molecule has 0 unspecified atom stereocenters. The summed E-state index contributed by atoms with van der Waals surface area (Å²) < 4.78 is 0. The van der Waals surface area contributed by atoms with Crippen molar-refractivity contribution in [3.63, 3.8) is 0 Å². The van der Waals surface area contributed by atoms with Crippen molar-refractivity contribution in [1.29, 1.82) is 0 Å². The van der Waals surface area contributed by atoms with E-state index < -0.39 is 0 Å². The minimum atomic E-state index is 0.685. The van der Waals surface area contributed by atoms with E-state index in [4.69, 9.17) is 0 Å². The maximum Gasteiger partial charge on any atom is 0.150 e. The molecule has 1 aliphatic heterocycles. The van der Waals surface area contributed by atoms with Crippen molar-refractivity contribution in [3.05, 3.63) is 59.2 Å². The number of nitrogens with one attached hydrogen (secondary N) is 1. The molecule has 5 heteroatoms. The maximum absolute atomic E-state index is 11.2. The molecule has 3 rings (SSSR count). The number of rotatable bonds is 6. The quantitative estimate of drug-likeness (QED) is 0.820. The highest BCUT2D eigenvalue weighted by Gasteiger charge is 2.18. The fraction of sp³-hybridized carbons (Fsp3) is 0.300. The molecule has 1 N–H and O–H groups in total. The van der Waals surface area contributed by atoms with Crippen molar-refractivity contribution in [2.45, 2.75) is 6.54 Å². The Kier molecular flexibility index (Phi) is 5.46. The topological polar surface area (TPSA) is 52.6 Å². The van der Waals surface area contributed by atoms with E-state index in [1.165, 1.54) is 0 Å². The number of carbonyl (C=O) groups excluding carboxylic acids is 2. The van der Waals surface area contributed by atoms with Crippen LogP contribution in [0.25, 0.3) is 0 Å². The Morgan fingerprint density at radius 3 is 2.04 bits per heavy atom. The van der Waals surface area contributed by atoms with Crippen molar-refractivity contribution in [1.82, 2.24) is 5.32 Å². The summed E-state index contributed by atoms with van der Waals surface area (Å²) in [7, 11) is 1.88. The summed E-state index contributed by atoms with van der Waals surface area (Å²) in [6.07, 6.45) is 1.78. The fourth-order valence-electron chi connectivity index (χ4n) is 3.23. The first-order chi connectivity index (χ1) is 12.2. The van der Waals surface area contributed by atoms with Gasteiger partial charge in [0.15, 0.2) is 0 Å². The normalized spacial score (nSPS) is 14.4. The van der Waals surface area contributed by atoms with Gasteiger partial charge in [0.1, 0.15) is 12.6 Å². The Balaban J connectivity index is 1.68. The van der Waals surface area contributed by atoms with Crippen LogP contribution in [0.3, 0.4) is 0 Å². The van der Waals surface area contributed by atoms with Gasteiger partial charge < -0.3 is 15.1 Å². The van der Waals surface area contributed by atoms with Gasteiger partial charge in [-0.25, -0.2) is 0 Å². The number of benzene rings is 2. The number of hydrogen-bond acceptors (Lipinski definition) is 5. The number of hydrogen-bond donors (Lipinski definition) is 1. The Bertz CT molecular complexity index is 735. The third-order valence-corrected chi connectivity index (χ3v) is 4.66. The first-order valence-electron chi connectivity index (χ1n) is 8.53. The smallest absolute Gasteiger partial charge is 0.150 e. The maximum atomic E-state index is 11.2. The van der Waals surface area contributed by atoms with Crippen LogP contribution in [-0.4, -0.2) is 45.8 Å². The zero-order valence-corrected chi connectivity index (χ0v) is 14.4. The average Bonchev–Trinajstić information content (AvgIpc) is 2.68. The lowest BCUT2D eigenvalue weighted by Gasteiger charge is -2.37. The second kappa shape index (κ2) is 7.94. The van der Waals surface area contributed by atoms with Crippen LogP contribution in [-0.2, 0) is 6.54 Å². The number of anilines is 2. The van der Waals surface area contributed by atoms with Crippen LogP contribution < -0.4 is 15.1 Å². The molecule has 1 aliphatic rings. The lowest BCUT2D eigenvalue weighted by Crippen LogP contribution is -2.46. The lowest BCUT2D eigenvalue weighted by molar-refractivity contribution is 0.111. The Morgan fingerprint density at radius 1 is 0.880 bits per heavy atom. The van der Waals surface area contributed by atoms with Gasteiger partial charge >= 0.3 is 0 Å². The third-order valence-electron chi connectivity index (χ3n) is 4.66. The van der Waals surface area contributed by atoms with Crippen LogP contribution in [0.2, 0.25) is 0 Å². The van der Waals surface area contributed by atoms with Crippen LogP contribution >= 0.6 is 0 Å². The minimum absolute atomic E-state index is 0.685. The van der Waals surface area contributed by atoms with E-state index in [0.717, 1.165) is 61.3 Å². The summed E-state index contributed by atoms with van der Waals surface area (Å²) in [5.74, 6) is 0. The molecule has 2 aromatic carbocycles. The molecule has 2 aromatic rings. The van der Waals surface area contributed by atoms with Gasteiger partial charge in [-0.3, -0.25) is 9.59 Å². The molecule has 0 atom stereocenters. The van der Waals surface area contributed by atoms with Crippen molar-refractivity contribution >= 4 is 23.9 Å². The van der Waals surface area contributed by atoms with Gasteiger partial charge in [0.25, 0.3) is 0 Å². The molecule has 1 heterocycles. The summed E-state index contributed by atoms with van der Waals surface area (Å²) in [6, 6.07) is 13.8. The SMILES string of the molecule is CNCc1cc(N2CCN(c3ccc(C=O)cc3)CC2)ccc1C=O. The van der Waals surface area contributed by atoms with Crippen molar-refractivity contribution in [3.8, 4) is 0 Å². The van der Waals surface area contributed by atoms with Gasteiger partial charge in [0, 0.05) is 55.2 Å². The first kappa shape index (κ1) is 17.2. The third kappa shape index (κ3) is 3.88. The lowest BCUT2D eigenvalue weighted by atomic mass is 10.1. The van der Waals surface area contributed by atoms with E-state index in [2.05, 4.69) is 21.2 Å². The summed E-state index contributed by atoms with van der Waals surface area (Å²) in [5.41, 5.74) is 4.79. The Morgan fingerprint density at radius 2 is 1.48 bits per heavy atom. The summed E-state index contributed by atoms with van der Waals surface area (Å²) in [4.78, 5) is 26.6. The molecule has 0 radical (unpaired) electrons. The molecule has 130 valence electrons. The molecular formula is C20H23N3O2. The molecule has 25 heavy (non-hydrogen) atoms. The van der Waals surface area contributed by atoms with E-state index in [0.29, 0.717) is 12.1 Å². The van der Waals surface area contributed by atoms with Gasteiger partial charge in [-0.1, -0.05) is 0 Å². The van der Waals surface area contributed by atoms with E-state index >= 15 is 0 Å². The highest BCUT2D eigenvalue weighted by Crippen LogP contribution is 2.23. The summed E-state index contributed by atoms with van der Waals surface area (Å²) in [6.45, 7) is 4.39. The number of nitrogens with zero attached hydrogens (tertiary/aromatic N) is 2. The molecule has 0 bridgehead atoms. The second-order valence-corrected chi connectivity index (χ2v) is 6.21. The van der Waals surface area contributed by atoms with E-state index in [1.807, 2.05) is 43.4 Å². The van der Waals surface area contributed by atoms with Gasteiger partial charge in [-0.05, 0) is 55.1 Å². The standard InChI is InChI=1S/C20H23N3O2/c1-21-13-18-12-20(7-4-17(18)15-25)23-10-8-22(9-11-23)19-5-2-16(14-24)3-6-19/h2-7,12,14-15,21H,8-11,13H2,1H3. The molecular weight excluding hydrogens is 314 g/mol. The molecule has 1 saturated heterocycles. The monoisotopic (exact) mass is 337 g/mol. The Hall–Kier alpha value is -2.66. The van der Waals surface area contributed by atoms with E-state index in [9.17, 15) is 9.59 Å². The number of carbonyl (C=O) groups is 2. The van der Waals surface area contributed by atoms with Gasteiger partial charge in [0.05, 0.1) is 0 Å². The van der Waals surface area contributed by atoms with E-state index in [-0.39, 0.29) is 0 Å². The van der Waals surface area contributed by atoms with Crippen molar-refractivity contribution in [2.24, 2.45) is 0 Å². The fourth-order valence-corrected chi connectivity index (χ4v) is 3.23. The molecule has 0 amide bonds. The van der Waals surface area contributed by atoms with Gasteiger partial charge in [0.2, 0.25) is 0 Å². The molecule has 5 nitrogen and oxygen atoms in total. The van der Waals surface area contributed by atoms with Gasteiger partial charge in [-0.2, -0.15) is 0 Å². The molecule has 0 aliphatic carbocycles. The molecule has 1 fully saturated rings. The van der Waals surface area contributed by atoms with Crippen LogP contribution in [0.15, 0.2) is 42.5 Å². The highest BCUT2D eigenvalue weighted by atomic mass is 16.1. The largest absolute Gasteiger partial charge is 0.368 e. The molecule has 0 aromatic heterocycles. The van der Waals surface area contributed by atoms with Gasteiger partial charge in [-0.15, -0.1) is 0 Å². The highest BCUT2D eigenvalue weighted by molar-refractivity contribution is 5.79.